The zero-order valence-corrected chi connectivity index (χ0v) is 3.14. The number of hydrogen-bond donors (Lipinski definition) is 0. The summed E-state index contributed by atoms with van der Waals surface area (Å²) in [4.78, 5) is 9.80. The lowest BCUT2D eigenvalue weighted by Crippen LogP contribution is -1.88. The van der Waals surface area contributed by atoms with E-state index in [1.54, 1.807) is 0 Å². The van der Waals surface area contributed by atoms with Crippen molar-refractivity contribution in [2.24, 2.45) is 0 Å². The van der Waals surface area contributed by atoms with Crippen LogP contribution < -0.4 is 0 Å². The highest BCUT2D eigenvalue weighted by Gasteiger charge is 2.09. The molecule has 3 nitrogen and oxygen atoms in total. The molecule has 0 aromatic carbocycles. The predicted molar refractivity (Wildman–Crippen MR) is 24.0 cm³/mol. The molecule has 0 aromatic heterocycles. The van der Waals surface area contributed by atoms with Gasteiger partial charge in [-0.15, -0.1) is 0 Å². The highest BCUT2D eigenvalue weighted by Crippen LogP contribution is 1.92. The SMILES string of the molecule is C.O=C1OCCO1. The maximum absolute atomic E-state index is 9.80. The van der Waals surface area contributed by atoms with E-state index >= 15 is 0 Å². The van der Waals surface area contributed by atoms with Crippen LogP contribution in [0.15, 0.2) is 0 Å². The molecule has 3 heteroatoms. The van der Waals surface area contributed by atoms with Crippen molar-refractivity contribution in [3.05, 3.63) is 0 Å². The Hall–Kier alpha value is -0.730. The molecule has 0 amide bonds. The highest BCUT2D eigenvalue weighted by atomic mass is 16.8. The molecule has 1 saturated heterocycles. The molecule has 0 aromatic rings. The number of carbonyl (C=O) groups is 1. The molecule has 0 spiro atoms. The van der Waals surface area contributed by atoms with Gasteiger partial charge in [0.05, 0.1) is 0 Å². The summed E-state index contributed by atoms with van der Waals surface area (Å²) >= 11 is 0. The second-order valence-corrected chi connectivity index (χ2v) is 0.947. The lowest BCUT2D eigenvalue weighted by Gasteiger charge is -1.78. The van der Waals surface area contributed by atoms with Gasteiger partial charge in [0.15, 0.2) is 0 Å². The van der Waals surface area contributed by atoms with Crippen molar-refractivity contribution in [3.63, 3.8) is 0 Å². The van der Waals surface area contributed by atoms with E-state index in [1.165, 1.54) is 0 Å². The van der Waals surface area contributed by atoms with Gasteiger partial charge in [-0.3, -0.25) is 0 Å². The Kier molecular flexibility index (Phi) is 2.19. The quantitative estimate of drug-likeness (QED) is 0.426. The fourth-order valence-corrected chi connectivity index (χ4v) is 0.292. The molecule has 1 aliphatic heterocycles. The van der Waals surface area contributed by atoms with Gasteiger partial charge in [0, 0.05) is 0 Å². The first-order valence-corrected chi connectivity index (χ1v) is 1.69. The number of ether oxygens (including phenoxy) is 2. The van der Waals surface area contributed by atoms with Crippen LogP contribution in [-0.4, -0.2) is 19.4 Å². The van der Waals surface area contributed by atoms with Crippen LogP contribution in [0.1, 0.15) is 7.43 Å². The van der Waals surface area contributed by atoms with Crippen molar-refractivity contribution in [2.45, 2.75) is 7.43 Å². The zero-order chi connectivity index (χ0) is 4.41. The van der Waals surface area contributed by atoms with Gasteiger partial charge >= 0.3 is 6.16 Å². The summed E-state index contributed by atoms with van der Waals surface area (Å²) in [6.45, 7) is 0.831. The van der Waals surface area contributed by atoms with Gasteiger partial charge in [-0.1, -0.05) is 7.43 Å². The van der Waals surface area contributed by atoms with E-state index in [0.717, 1.165) is 0 Å². The summed E-state index contributed by atoms with van der Waals surface area (Å²) in [5.74, 6) is 0. The van der Waals surface area contributed by atoms with Gasteiger partial charge < -0.3 is 9.47 Å². The maximum Gasteiger partial charge on any atom is 0.508 e. The molecule has 0 saturated carbocycles. The van der Waals surface area contributed by atoms with Crippen LogP contribution in [0.3, 0.4) is 0 Å². The highest BCUT2D eigenvalue weighted by molar-refractivity contribution is 5.61. The minimum Gasteiger partial charge on any atom is -0.431 e. The Labute approximate surface area is 42.2 Å². The molecule has 1 fully saturated rings. The smallest absolute Gasteiger partial charge is 0.431 e. The van der Waals surface area contributed by atoms with E-state index in [1.807, 2.05) is 0 Å². The Morgan fingerprint density at radius 1 is 1.29 bits per heavy atom. The summed E-state index contributed by atoms with van der Waals surface area (Å²) < 4.78 is 8.58. The van der Waals surface area contributed by atoms with Crippen LogP contribution in [0, 0.1) is 0 Å². The average Bonchev–Trinajstić information content (AvgIpc) is 1.86. The summed E-state index contributed by atoms with van der Waals surface area (Å²) in [5.41, 5.74) is 0. The second kappa shape index (κ2) is 2.44. The van der Waals surface area contributed by atoms with E-state index in [4.69, 9.17) is 0 Å². The van der Waals surface area contributed by atoms with Crippen LogP contribution in [0.4, 0.5) is 4.79 Å². The molecule has 1 aliphatic rings. The van der Waals surface area contributed by atoms with Crippen molar-refractivity contribution in [3.8, 4) is 0 Å². The monoisotopic (exact) mass is 104 g/mol. The van der Waals surface area contributed by atoms with Crippen LogP contribution in [0.25, 0.3) is 0 Å². The van der Waals surface area contributed by atoms with E-state index in [-0.39, 0.29) is 7.43 Å². The van der Waals surface area contributed by atoms with Crippen molar-refractivity contribution in [2.75, 3.05) is 13.2 Å². The van der Waals surface area contributed by atoms with Gasteiger partial charge in [0.1, 0.15) is 13.2 Å². The fraction of sp³-hybridized carbons (Fsp3) is 0.750. The molecule has 0 bridgehead atoms. The molecule has 1 rings (SSSR count). The third-order valence-corrected chi connectivity index (χ3v) is 0.523. The maximum atomic E-state index is 9.80. The molecule has 0 aliphatic carbocycles. The first-order chi connectivity index (χ1) is 2.89. The summed E-state index contributed by atoms with van der Waals surface area (Å²) in [6, 6.07) is 0. The lowest BCUT2D eigenvalue weighted by atomic mass is 10.8. The van der Waals surface area contributed by atoms with Gasteiger partial charge in [-0.2, -0.15) is 0 Å². The molecule has 7 heavy (non-hydrogen) atoms. The predicted octanol–water partition coefficient (Wildman–Crippen LogP) is 0.789. The Balaban J connectivity index is 0.000000360. The van der Waals surface area contributed by atoms with Crippen LogP contribution in [0.5, 0.6) is 0 Å². The lowest BCUT2D eigenvalue weighted by molar-refractivity contribution is 0.131. The topological polar surface area (TPSA) is 35.5 Å². The number of hydrogen-bond acceptors (Lipinski definition) is 3. The number of carbonyl (C=O) groups excluding carboxylic acids is 1. The van der Waals surface area contributed by atoms with Gasteiger partial charge in [-0.25, -0.2) is 4.79 Å². The first-order valence-electron chi connectivity index (χ1n) is 1.69. The third-order valence-electron chi connectivity index (χ3n) is 0.523. The van der Waals surface area contributed by atoms with E-state index < -0.39 is 6.16 Å². The Morgan fingerprint density at radius 3 is 1.86 bits per heavy atom. The van der Waals surface area contributed by atoms with Crippen molar-refractivity contribution >= 4 is 6.16 Å². The molecular formula is C4H8O3. The fourth-order valence-electron chi connectivity index (χ4n) is 0.292. The summed E-state index contributed by atoms with van der Waals surface area (Å²) in [6.07, 6.45) is -0.546. The van der Waals surface area contributed by atoms with E-state index in [9.17, 15) is 4.79 Å². The largest absolute Gasteiger partial charge is 0.508 e. The second-order valence-electron chi connectivity index (χ2n) is 0.947. The minimum atomic E-state index is -0.546. The molecule has 1 heterocycles. The zero-order valence-electron chi connectivity index (χ0n) is 3.14. The minimum absolute atomic E-state index is 0. The molecule has 0 unspecified atom stereocenters. The van der Waals surface area contributed by atoms with E-state index in [2.05, 4.69) is 9.47 Å². The standard InChI is InChI=1S/C3H4O3.CH4/c4-3-5-1-2-6-3;/h1-2H2;1H4. The van der Waals surface area contributed by atoms with Crippen molar-refractivity contribution in [1.29, 1.82) is 0 Å². The average molecular weight is 104 g/mol. The summed E-state index contributed by atoms with van der Waals surface area (Å²) in [7, 11) is 0. The molecule has 0 radical (unpaired) electrons. The first kappa shape index (κ1) is 6.27. The van der Waals surface area contributed by atoms with Crippen LogP contribution >= 0.6 is 0 Å². The summed E-state index contributed by atoms with van der Waals surface area (Å²) in [5, 5.41) is 0. The normalized spacial score (nSPS) is 16.9. The van der Waals surface area contributed by atoms with Gasteiger partial charge in [0.2, 0.25) is 0 Å². The number of rotatable bonds is 0. The van der Waals surface area contributed by atoms with E-state index in [0.29, 0.717) is 13.2 Å². The van der Waals surface area contributed by atoms with Crippen molar-refractivity contribution < 1.29 is 14.3 Å². The van der Waals surface area contributed by atoms with Gasteiger partial charge in [-0.05, 0) is 0 Å². The van der Waals surface area contributed by atoms with Crippen molar-refractivity contribution in [1.82, 2.24) is 0 Å². The molecular weight excluding hydrogens is 96.0 g/mol. The van der Waals surface area contributed by atoms with Crippen LogP contribution in [0.2, 0.25) is 0 Å². The molecule has 0 N–H and O–H groups in total. The Bertz CT molecular complexity index is 61.3. The Morgan fingerprint density at radius 2 is 1.71 bits per heavy atom. The molecule has 0 atom stereocenters. The number of cyclic esters (lactones) is 2. The van der Waals surface area contributed by atoms with Gasteiger partial charge in [0.25, 0.3) is 0 Å². The van der Waals surface area contributed by atoms with Crippen LogP contribution in [-0.2, 0) is 9.47 Å². The molecule has 42 valence electrons. The third kappa shape index (κ3) is 1.43.